The predicted molar refractivity (Wildman–Crippen MR) is 137 cm³/mol. The number of ether oxygens (including phenoxy) is 4. The Hall–Kier alpha value is -3.77. The van der Waals surface area contributed by atoms with Gasteiger partial charge in [0.05, 0.1) is 0 Å². The van der Waals surface area contributed by atoms with Crippen LogP contribution in [0.5, 0.6) is 23.0 Å². The van der Waals surface area contributed by atoms with Gasteiger partial charge in [0.15, 0.2) is 11.5 Å². The van der Waals surface area contributed by atoms with Gasteiger partial charge in [-0.05, 0) is 77.2 Å². The van der Waals surface area contributed by atoms with Gasteiger partial charge in [-0.1, -0.05) is 44.2 Å². The molecule has 0 spiro atoms. The summed E-state index contributed by atoms with van der Waals surface area (Å²) < 4.78 is 22.2. The summed E-state index contributed by atoms with van der Waals surface area (Å²) in [7, 11) is 0. The van der Waals surface area contributed by atoms with Crippen molar-refractivity contribution in [2.24, 2.45) is 0 Å². The number of carbonyl (C=O) groups is 1. The van der Waals surface area contributed by atoms with E-state index in [4.69, 9.17) is 18.9 Å². The van der Waals surface area contributed by atoms with Crippen LogP contribution >= 0.6 is 0 Å². The summed E-state index contributed by atoms with van der Waals surface area (Å²) in [4.78, 5) is 11.4. The van der Waals surface area contributed by atoms with Gasteiger partial charge in [-0.15, -0.1) is 0 Å². The van der Waals surface area contributed by atoms with Gasteiger partial charge in [-0.25, -0.2) is 0 Å². The fourth-order valence-electron chi connectivity index (χ4n) is 4.12. The Morgan fingerprint density at radius 1 is 0.857 bits per heavy atom. The minimum absolute atomic E-state index is 0.240. The van der Waals surface area contributed by atoms with Crippen molar-refractivity contribution in [2.45, 2.75) is 27.2 Å². The summed E-state index contributed by atoms with van der Waals surface area (Å²) in [6.45, 7) is 8.21. The van der Waals surface area contributed by atoms with E-state index in [0.29, 0.717) is 12.4 Å². The second-order valence-corrected chi connectivity index (χ2v) is 8.12. The first-order valence-electron chi connectivity index (χ1n) is 11.9. The molecule has 1 N–H and O–H groups in total. The van der Waals surface area contributed by atoms with Gasteiger partial charge in [-0.2, -0.15) is 0 Å². The van der Waals surface area contributed by atoms with Crippen molar-refractivity contribution in [1.29, 1.82) is 0 Å². The molecule has 0 aliphatic carbocycles. The molecule has 1 aliphatic rings. The number of hydrogen-bond donors (Lipinski definition) is 1. The molecule has 4 rings (SSSR count). The molecule has 35 heavy (non-hydrogen) atoms. The van der Waals surface area contributed by atoms with Crippen LogP contribution in [0.25, 0.3) is 11.1 Å². The number of fused-ring (bicyclic) bond motifs is 1. The topological polar surface area (TPSA) is 66.0 Å². The number of allylic oxidation sites excluding steroid dienone is 1. The summed E-state index contributed by atoms with van der Waals surface area (Å²) >= 11 is 0. The van der Waals surface area contributed by atoms with Crippen LogP contribution < -0.4 is 24.3 Å². The van der Waals surface area contributed by atoms with Gasteiger partial charge in [0.25, 0.3) is 0 Å². The average Bonchev–Trinajstić information content (AvgIpc) is 3.34. The van der Waals surface area contributed by atoms with Crippen LogP contribution in [-0.2, 0) is 4.79 Å². The Bertz CT molecular complexity index is 1180. The quantitative estimate of drug-likeness (QED) is 0.176. The molecule has 1 heterocycles. The van der Waals surface area contributed by atoms with Gasteiger partial charge in [0.2, 0.25) is 6.79 Å². The van der Waals surface area contributed by atoms with Crippen LogP contribution in [-0.4, -0.2) is 32.5 Å². The number of hydrogen-bond acceptors (Lipinski definition) is 6. The van der Waals surface area contributed by atoms with E-state index < -0.39 is 0 Å². The van der Waals surface area contributed by atoms with Crippen LogP contribution in [0.3, 0.4) is 0 Å². The molecule has 0 bridgehead atoms. The van der Waals surface area contributed by atoms with Crippen molar-refractivity contribution < 1.29 is 23.7 Å². The maximum absolute atomic E-state index is 11.4. The Balaban J connectivity index is 1.74. The number of rotatable bonds is 10. The van der Waals surface area contributed by atoms with Gasteiger partial charge < -0.3 is 24.3 Å². The van der Waals surface area contributed by atoms with Crippen molar-refractivity contribution in [3.05, 3.63) is 83.4 Å². The molecule has 0 saturated carbocycles. The maximum atomic E-state index is 11.4. The van der Waals surface area contributed by atoms with E-state index in [1.54, 1.807) is 0 Å². The van der Waals surface area contributed by atoms with Crippen molar-refractivity contribution >= 4 is 17.1 Å². The summed E-state index contributed by atoms with van der Waals surface area (Å²) in [5.41, 5.74) is 5.43. The van der Waals surface area contributed by atoms with Crippen molar-refractivity contribution in [3.63, 3.8) is 0 Å². The fraction of sp³-hybridized carbons (Fsp3) is 0.276. The molecule has 6 heteroatoms. The molecule has 3 aromatic carbocycles. The van der Waals surface area contributed by atoms with Crippen LogP contribution in [0, 0.1) is 0 Å². The van der Waals surface area contributed by atoms with E-state index in [1.807, 2.05) is 48.5 Å². The Kier molecular flexibility index (Phi) is 8.06. The Morgan fingerprint density at radius 3 is 2.11 bits per heavy atom. The fourth-order valence-corrected chi connectivity index (χ4v) is 4.12. The number of carbonyl (C=O) groups excluding carboxylic acids is 1. The maximum Gasteiger partial charge on any atom is 0.308 e. The molecule has 182 valence electrons. The molecule has 0 saturated heterocycles. The first-order valence-corrected chi connectivity index (χ1v) is 11.9. The highest BCUT2D eigenvalue weighted by Crippen LogP contribution is 2.40. The normalized spacial score (nSPS) is 12.8. The van der Waals surface area contributed by atoms with Crippen LogP contribution in [0.1, 0.15) is 43.9 Å². The van der Waals surface area contributed by atoms with E-state index in [9.17, 15) is 4.79 Å². The first-order chi connectivity index (χ1) is 17.1. The van der Waals surface area contributed by atoms with Gasteiger partial charge in [-0.3, -0.25) is 4.79 Å². The van der Waals surface area contributed by atoms with E-state index in [2.05, 4.69) is 37.4 Å². The van der Waals surface area contributed by atoms with Crippen LogP contribution in [0.4, 0.5) is 0 Å². The Morgan fingerprint density at radius 2 is 1.49 bits per heavy atom. The molecule has 0 fully saturated rings. The molecule has 0 unspecified atom stereocenters. The minimum atomic E-state index is -0.340. The van der Waals surface area contributed by atoms with Gasteiger partial charge in [0, 0.05) is 13.5 Å². The summed E-state index contributed by atoms with van der Waals surface area (Å²) in [6.07, 6.45) is 0.807. The van der Waals surface area contributed by atoms with Crippen LogP contribution in [0.2, 0.25) is 0 Å². The van der Waals surface area contributed by atoms with Gasteiger partial charge in [0.1, 0.15) is 18.1 Å². The number of esters is 1. The van der Waals surface area contributed by atoms with E-state index in [0.717, 1.165) is 59.0 Å². The zero-order chi connectivity index (χ0) is 24.6. The van der Waals surface area contributed by atoms with E-state index >= 15 is 0 Å². The molecular formula is C29H31NO5. The zero-order valence-corrected chi connectivity index (χ0v) is 20.4. The molecule has 0 radical (unpaired) electrons. The molecule has 0 amide bonds. The molecule has 0 aromatic heterocycles. The lowest BCUT2D eigenvalue weighted by molar-refractivity contribution is -0.131. The van der Waals surface area contributed by atoms with Crippen LogP contribution in [0.15, 0.2) is 66.7 Å². The minimum Gasteiger partial charge on any atom is -0.492 e. The number of benzene rings is 3. The average molecular weight is 474 g/mol. The lowest BCUT2D eigenvalue weighted by atomic mass is 9.88. The molecular weight excluding hydrogens is 442 g/mol. The summed E-state index contributed by atoms with van der Waals surface area (Å²) in [5.74, 6) is 2.52. The molecule has 3 aromatic rings. The monoisotopic (exact) mass is 473 g/mol. The largest absolute Gasteiger partial charge is 0.492 e. The summed E-state index contributed by atoms with van der Waals surface area (Å²) in [5, 5.41) is 3.26. The van der Waals surface area contributed by atoms with Crippen molar-refractivity contribution in [2.75, 3.05) is 26.5 Å². The third kappa shape index (κ3) is 6.03. The second-order valence-electron chi connectivity index (χ2n) is 8.12. The third-order valence-corrected chi connectivity index (χ3v) is 5.72. The molecule has 1 aliphatic heterocycles. The van der Waals surface area contributed by atoms with Crippen molar-refractivity contribution in [1.82, 2.24) is 5.32 Å². The molecule has 0 atom stereocenters. The summed E-state index contributed by atoms with van der Waals surface area (Å²) in [6, 6.07) is 21.8. The predicted octanol–water partition coefficient (Wildman–Crippen LogP) is 5.70. The van der Waals surface area contributed by atoms with Crippen molar-refractivity contribution in [3.8, 4) is 23.0 Å². The van der Waals surface area contributed by atoms with Gasteiger partial charge >= 0.3 is 5.97 Å². The standard InChI is InChI=1S/C29H31NO5/c1-4-26(23-10-15-27-28(18-23)34-19-33-27)29(22-8-13-25(14-9-22)35-20(3)31)21-6-11-24(12-7-21)32-17-16-30-5-2/h6-15,18,30H,4-5,16-17,19H2,1-3H3/b29-26+. The highest BCUT2D eigenvalue weighted by Gasteiger charge is 2.18. The molecule has 6 nitrogen and oxygen atoms in total. The lowest BCUT2D eigenvalue weighted by Gasteiger charge is -2.17. The van der Waals surface area contributed by atoms with E-state index in [-0.39, 0.29) is 12.8 Å². The second kappa shape index (κ2) is 11.6. The first kappa shape index (κ1) is 24.4. The number of likely N-dealkylation sites (N-methyl/N-ethyl adjacent to an activating group) is 1. The van der Waals surface area contributed by atoms with E-state index in [1.165, 1.54) is 12.5 Å². The lowest BCUT2D eigenvalue weighted by Crippen LogP contribution is -2.20. The third-order valence-electron chi connectivity index (χ3n) is 5.72. The highest BCUT2D eigenvalue weighted by molar-refractivity contribution is 5.99. The SMILES string of the molecule is CCNCCOc1ccc(/C(=C(/CC)c2ccc3c(c2)OCO3)c2ccc(OC(C)=O)cc2)cc1. The number of nitrogens with one attached hydrogen (secondary N) is 1. The Labute approximate surface area is 206 Å². The smallest absolute Gasteiger partial charge is 0.308 e. The highest BCUT2D eigenvalue weighted by atomic mass is 16.7. The zero-order valence-electron chi connectivity index (χ0n) is 20.4.